The number of aryl methyl sites for hydroxylation is 2. The standard InChI is InChI=1S/C15H17N3O2S/c19-14(20)10-21-15-17-16-13(18(15)12-7-8-12)9-6-11-4-2-1-3-5-11/h1-5,12H,6-10H2,(H,19,20). The Morgan fingerprint density at radius 3 is 2.67 bits per heavy atom. The van der Waals surface area contributed by atoms with Gasteiger partial charge in [0.2, 0.25) is 0 Å². The molecule has 2 aromatic rings. The summed E-state index contributed by atoms with van der Waals surface area (Å²) in [5.74, 6) is 0.175. The van der Waals surface area contributed by atoms with Gasteiger partial charge in [-0.2, -0.15) is 0 Å². The second kappa shape index (κ2) is 6.30. The molecule has 0 unspecified atom stereocenters. The maximum Gasteiger partial charge on any atom is 0.313 e. The van der Waals surface area contributed by atoms with Crippen LogP contribution in [0.25, 0.3) is 0 Å². The van der Waals surface area contributed by atoms with Gasteiger partial charge in [0.25, 0.3) is 0 Å². The van der Waals surface area contributed by atoms with E-state index in [0.717, 1.165) is 36.7 Å². The van der Waals surface area contributed by atoms with E-state index >= 15 is 0 Å². The number of benzene rings is 1. The molecule has 0 saturated heterocycles. The summed E-state index contributed by atoms with van der Waals surface area (Å²) in [6.07, 6.45) is 4.03. The van der Waals surface area contributed by atoms with Gasteiger partial charge in [0.1, 0.15) is 5.82 Å². The molecular formula is C15H17N3O2S. The van der Waals surface area contributed by atoms with Crippen molar-refractivity contribution in [3.05, 3.63) is 41.7 Å². The van der Waals surface area contributed by atoms with Gasteiger partial charge in [0.05, 0.1) is 5.75 Å². The van der Waals surface area contributed by atoms with Gasteiger partial charge < -0.3 is 9.67 Å². The number of aromatic nitrogens is 3. The molecule has 0 amide bonds. The Bertz CT molecular complexity index is 623. The average Bonchev–Trinajstić information content (AvgIpc) is 3.25. The summed E-state index contributed by atoms with van der Waals surface area (Å²) in [7, 11) is 0. The first kappa shape index (κ1) is 14.1. The van der Waals surface area contributed by atoms with E-state index in [0.29, 0.717) is 6.04 Å². The molecule has 5 nitrogen and oxygen atoms in total. The number of aliphatic carboxylic acids is 1. The van der Waals surface area contributed by atoms with Crippen molar-refractivity contribution in [3.8, 4) is 0 Å². The zero-order valence-corrected chi connectivity index (χ0v) is 12.4. The summed E-state index contributed by atoms with van der Waals surface area (Å²) in [6, 6.07) is 10.8. The SMILES string of the molecule is O=C(O)CSc1nnc(CCc2ccccc2)n1C1CC1. The molecule has 3 rings (SSSR count). The van der Waals surface area contributed by atoms with E-state index in [1.165, 1.54) is 17.3 Å². The molecule has 1 heterocycles. The highest BCUT2D eigenvalue weighted by Crippen LogP contribution is 2.38. The predicted octanol–water partition coefficient (Wildman–Crippen LogP) is 2.57. The molecule has 1 aliphatic carbocycles. The summed E-state index contributed by atoms with van der Waals surface area (Å²) in [4.78, 5) is 10.7. The lowest BCUT2D eigenvalue weighted by atomic mass is 10.1. The van der Waals surface area contributed by atoms with Gasteiger partial charge >= 0.3 is 5.97 Å². The molecule has 1 aromatic carbocycles. The van der Waals surface area contributed by atoms with Crippen LogP contribution in [0.5, 0.6) is 0 Å². The number of carbonyl (C=O) groups is 1. The number of hydrogen-bond donors (Lipinski definition) is 1. The summed E-state index contributed by atoms with van der Waals surface area (Å²) in [6.45, 7) is 0. The minimum absolute atomic E-state index is 0.0313. The van der Waals surface area contributed by atoms with Crippen molar-refractivity contribution in [2.75, 3.05) is 5.75 Å². The predicted molar refractivity (Wildman–Crippen MR) is 80.5 cm³/mol. The normalized spacial score (nSPS) is 14.3. The van der Waals surface area contributed by atoms with E-state index in [1.54, 1.807) is 0 Å². The number of hydrogen-bond acceptors (Lipinski definition) is 4. The van der Waals surface area contributed by atoms with Gasteiger partial charge in [-0.15, -0.1) is 10.2 Å². The highest BCUT2D eigenvalue weighted by Gasteiger charge is 2.29. The zero-order chi connectivity index (χ0) is 14.7. The van der Waals surface area contributed by atoms with Crippen LogP contribution >= 0.6 is 11.8 Å². The van der Waals surface area contributed by atoms with Gasteiger partial charge in [-0.1, -0.05) is 42.1 Å². The summed E-state index contributed by atoms with van der Waals surface area (Å²) < 4.78 is 2.14. The van der Waals surface area contributed by atoms with Crippen LogP contribution in [-0.4, -0.2) is 31.6 Å². The molecule has 1 aromatic heterocycles. The van der Waals surface area contributed by atoms with E-state index in [-0.39, 0.29) is 5.75 Å². The van der Waals surface area contributed by atoms with E-state index in [9.17, 15) is 4.79 Å². The van der Waals surface area contributed by atoms with Crippen LogP contribution in [0.15, 0.2) is 35.5 Å². The topological polar surface area (TPSA) is 68.0 Å². The van der Waals surface area contributed by atoms with Gasteiger partial charge in [-0.3, -0.25) is 4.79 Å². The van der Waals surface area contributed by atoms with Crippen molar-refractivity contribution in [2.24, 2.45) is 0 Å². The van der Waals surface area contributed by atoms with E-state index in [2.05, 4.69) is 26.9 Å². The van der Waals surface area contributed by atoms with Gasteiger partial charge in [-0.05, 0) is 24.8 Å². The monoisotopic (exact) mass is 303 g/mol. The van der Waals surface area contributed by atoms with Crippen LogP contribution in [0.3, 0.4) is 0 Å². The molecule has 0 atom stereocenters. The summed E-state index contributed by atoms with van der Waals surface area (Å²) in [5.41, 5.74) is 1.28. The first-order valence-corrected chi connectivity index (χ1v) is 8.05. The quantitative estimate of drug-likeness (QED) is 0.796. The van der Waals surface area contributed by atoms with Crippen molar-refractivity contribution in [1.29, 1.82) is 0 Å². The van der Waals surface area contributed by atoms with E-state index < -0.39 is 5.97 Å². The van der Waals surface area contributed by atoms with Crippen LogP contribution in [0, 0.1) is 0 Å². The van der Waals surface area contributed by atoms with E-state index in [4.69, 9.17) is 5.11 Å². The van der Waals surface area contributed by atoms with Gasteiger partial charge in [0.15, 0.2) is 5.16 Å². The fourth-order valence-corrected chi connectivity index (χ4v) is 3.05. The lowest BCUT2D eigenvalue weighted by Gasteiger charge is -2.08. The van der Waals surface area contributed by atoms with Crippen molar-refractivity contribution in [2.45, 2.75) is 36.9 Å². The van der Waals surface area contributed by atoms with Crippen molar-refractivity contribution in [1.82, 2.24) is 14.8 Å². The number of carboxylic acid groups (broad SMARTS) is 1. The molecule has 1 fully saturated rings. The van der Waals surface area contributed by atoms with E-state index in [1.807, 2.05) is 18.2 Å². The summed E-state index contributed by atoms with van der Waals surface area (Å²) in [5, 5.41) is 18.0. The molecule has 6 heteroatoms. The molecule has 0 aliphatic heterocycles. The largest absolute Gasteiger partial charge is 0.481 e. The Kier molecular flexibility index (Phi) is 4.24. The molecule has 21 heavy (non-hydrogen) atoms. The minimum atomic E-state index is -0.823. The van der Waals surface area contributed by atoms with Gasteiger partial charge in [0, 0.05) is 12.5 Å². The van der Waals surface area contributed by atoms with Crippen molar-refractivity contribution < 1.29 is 9.90 Å². The molecule has 0 bridgehead atoms. The number of nitrogens with zero attached hydrogens (tertiary/aromatic N) is 3. The molecule has 110 valence electrons. The Hall–Kier alpha value is -1.82. The molecular weight excluding hydrogens is 286 g/mol. The van der Waals surface area contributed by atoms with Gasteiger partial charge in [-0.25, -0.2) is 0 Å². The molecule has 1 aliphatic rings. The first-order valence-electron chi connectivity index (χ1n) is 7.06. The number of thioether (sulfide) groups is 1. The summed E-state index contributed by atoms with van der Waals surface area (Å²) >= 11 is 1.26. The fraction of sp³-hybridized carbons (Fsp3) is 0.400. The Morgan fingerprint density at radius 2 is 2.00 bits per heavy atom. The molecule has 1 N–H and O–H groups in total. The smallest absolute Gasteiger partial charge is 0.313 e. The van der Waals surface area contributed by atoms with Crippen LogP contribution in [0.4, 0.5) is 0 Å². The third-order valence-electron chi connectivity index (χ3n) is 3.45. The first-order chi connectivity index (χ1) is 10.2. The number of carboxylic acids is 1. The Labute approximate surface area is 127 Å². The third kappa shape index (κ3) is 3.64. The highest BCUT2D eigenvalue weighted by molar-refractivity contribution is 7.99. The highest BCUT2D eigenvalue weighted by atomic mass is 32.2. The second-order valence-electron chi connectivity index (χ2n) is 5.17. The second-order valence-corrected chi connectivity index (χ2v) is 6.11. The zero-order valence-electron chi connectivity index (χ0n) is 11.6. The van der Waals surface area contributed by atoms with Crippen molar-refractivity contribution in [3.63, 3.8) is 0 Å². The maximum atomic E-state index is 10.7. The molecule has 0 radical (unpaired) electrons. The van der Waals surface area contributed by atoms with Crippen LogP contribution in [0.1, 0.15) is 30.3 Å². The van der Waals surface area contributed by atoms with Crippen LogP contribution in [0.2, 0.25) is 0 Å². The Morgan fingerprint density at radius 1 is 1.24 bits per heavy atom. The van der Waals surface area contributed by atoms with Crippen LogP contribution in [-0.2, 0) is 17.6 Å². The van der Waals surface area contributed by atoms with Crippen LogP contribution < -0.4 is 0 Å². The minimum Gasteiger partial charge on any atom is -0.481 e. The number of rotatable bonds is 7. The van der Waals surface area contributed by atoms with Crippen molar-refractivity contribution >= 4 is 17.7 Å². The Balaban J connectivity index is 1.71. The lowest BCUT2D eigenvalue weighted by molar-refractivity contribution is -0.133. The fourth-order valence-electron chi connectivity index (χ4n) is 2.30. The lowest BCUT2D eigenvalue weighted by Crippen LogP contribution is -2.06. The maximum absolute atomic E-state index is 10.7. The molecule has 0 spiro atoms. The third-order valence-corrected chi connectivity index (χ3v) is 4.38. The molecule has 1 saturated carbocycles. The average molecular weight is 303 g/mol.